The van der Waals surface area contributed by atoms with E-state index in [9.17, 15) is 62.0 Å². The van der Waals surface area contributed by atoms with E-state index in [4.69, 9.17) is 9.47 Å². The Morgan fingerprint density at radius 2 is 0.878 bits per heavy atom. The lowest BCUT2D eigenvalue weighted by Gasteiger charge is -2.56. The first-order valence-corrected chi connectivity index (χ1v) is 18.7. The van der Waals surface area contributed by atoms with E-state index in [0.717, 1.165) is 38.5 Å². The number of alkyl halides is 9. The number of sulfonamides is 2. The van der Waals surface area contributed by atoms with Gasteiger partial charge in [0, 0.05) is 0 Å². The maximum Gasteiger partial charge on any atom is 0.512 e. The minimum absolute atomic E-state index is 0.0160. The molecule has 0 amide bonds. The second-order valence-corrected chi connectivity index (χ2v) is 18.7. The molecular weight excluding hydrogens is 729 g/mol. The first kappa shape index (κ1) is 36.6. The standard InChI is InChI=1S/C28H32F9NO9S2/c29-25(30,26(31,32)27(33,34)48(42,43)38-49(44,45)28(35,36)37)20(39)19(21(40)46-23-7-13-1-14(8-23)3-15(2-13)9-23)22(41)47-24-10-16-4-17(11-24)6-18(5-16)12-24/h13-19,38H,1-12H2. The molecule has 0 aliphatic heterocycles. The molecule has 8 saturated carbocycles. The molecule has 8 rings (SSSR count). The number of carbonyl (C=O) groups is 3. The molecule has 1 N–H and O–H groups in total. The van der Waals surface area contributed by atoms with Gasteiger partial charge in [0.15, 0.2) is 0 Å². The summed E-state index contributed by atoms with van der Waals surface area (Å²) in [6.07, 6.45) is 5.57. The molecule has 8 aliphatic carbocycles. The molecule has 0 aromatic heterocycles. The summed E-state index contributed by atoms with van der Waals surface area (Å²) >= 11 is 0. The molecule has 0 spiro atoms. The lowest BCUT2D eigenvalue weighted by molar-refractivity contribution is -0.270. The third kappa shape index (κ3) is 5.93. The van der Waals surface area contributed by atoms with Crippen molar-refractivity contribution in [3.05, 3.63) is 0 Å². The van der Waals surface area contributed by atoms with Crippen LogP contribution in [-0.4, -0.2) is 68.4 Å². The van der Waals surface area contributed by atoms with Crippen LogP contribution in [0, 0.1) is 41.4 Å². The van der Waals surface area contributed by atoms with Crippen LogP contribution in [0.5, 0.6) is 0 Å². The number of hydrogen-bond acceptors (Lipinski definition) is 9. The Balaban J connectivity index is 1.32. The highest BCUT2D eigenvalue weighted by atomic mass is 32.3. The minimum Gasteiger partial charge on any atom is -0.458 e. The Morgan fingerprint density at radius 3 is 1.16 bits per heavy atom. The van der Waals surface area contributed by atoms with Crippen molar-refractivity contribution in [2.75, 3.05) is 0 Å². The third-order valence-corrected chi connectivity index (χ3v) is 14.6. The number of hydrogen-bond donors (Lipinski definition) is 1. The van der Waals surface area contributed by atoms with Crippen molar-refractivity contribution in [3.63, 3.8) is 0 Å². The summed E-state index contributed by atoms with van der Waals surface area (Å²) in [4.78, 5) is 40.3. The summed E-state index contributed by atoms with van der Waals surface area (Å²) in [7, 11) is -15.3. The topological polar surface area (TPSA) is 150 Å². The van der Waals surface area contributed by atoms with Gasteiger partial charge in [0.1, 0.15) is 11.2 Å². The van der Waals surface area contributed by atoms with Crippen LogP contribution in [0.15, 0.2) is 0 Å². The van der Waals surface area contributed by atoms with Gasteiger partial charge in [-0.2, -0.15) is 39.5 Å². The summed E-state index contributed by atoms with van der Waals surface area (Å²) in [6, 6.07) is 0. The second kappa shape index (κ2) is 11.2. The van der Waals surface area contributed by atoms with E-state index in [1.807, 2.05) is 0 Å². The molecule has 0 radical (unpaired) electrons. The fourth-order valence-electron chi connectivity index (χ4n) is 10.1. The van der Waals surface area contributed by atoms with Gasteiger partial charge in [-0.3, -0.25) is 14.4 Å². The van der Waals surface area contributed by atoms with Gasteiger partial charge in [-0.1, -0.05) is 4.13 Å². The number of ketones is 1. The van der Waals surface area contributed by atoms with E-state index >= 15 is 8.78 Å². The molecule has 10 nitrogen and oxygen atoms in total. The SMILES string of the molecule is O=C(OC12CC3CC(CC(C3)C1)C2)C(C(=O)OC12CC3CC(CC(C3)C1)C2)C(=O)C(F)(F)C(F)(F)C(F)(F)S(=O)(=O)NS(=O)(=O)C(F)(F)F. The number of nitrogens with one attached hydrogen (secondary N) is 1. The predicted molar refractivity (Wildman–Crippen MR) is 144 cm³/mol. The molecule has 278 valence electrons. The van der Waals surface area contributed by atoms with E-state index in [2.05, 4.69) is 0 Å². The second-order valence-electron chi connectivity index (χ2n) is 15.0. The third-order valence-electron chi connectivity index (χ3n) is 11.3. The van der Waals surface area contributed by atoms with Crippen molar-refractivity contribution in [1.82, 2.24) is 4.13 Å². The van der Waals surface area contributed by atoms with Crippen molar-refractivity contribution in [1.29, 1.82) is 0 Å². The van der Waals surface area contributed by atoms with Gasteiger partial charge in [0.05, 0.1) is 0 Å². The van der Waals surface area contributed by atoms with Crippen LogP contribution in [0.1, 0.15) is 77.0 Å². The van der Waals surface area contributed by atoms with E-state index in [-0.39, 0.29) is 74.0 Å². The normalized spacial score (nSPS) is 36.4. The van der Waals surface area contributed by atoms with Gasteiger partial charge in [0.25, 0.3) is 10.0 Å². The fraction of sp³-hybridized carbons (Fsp3) is 0.893. The van der Waals surface area contributed by atoms with Crippen molar-refractivity contribution in [3.8, 4) is 0 Å². The van der Waals surface area contributed by atoms with E-state index in [1.54, 1.807) is 0 Å². The summed E-state index contributed by atoms with van der Waals surface area (Å²) < 4.78 is 184. The maximum absolute atomic E-state index is 15.4. The quantitative estimate of drug-likeness (QED) is 0.178. The molecule has 0 heterocycles. The Bertz CT molecular complexity index is 1520. The average Bonchev–Trinajstić information content (AvgIpc) is 2.89. The van der Waals surface area contributed by atoms with Gasteiger partial charge in [-0.25, -0.2) is 16.8 Å². The molecule has 0 unspecified atom stereocenters. The van der Waals surface area contributed by atoms with E-state index in [1.165, 1.54) is 0 Å². The molecule has 8 bridgehead atoms. The summed E-state index contributed by atoms with van der Waals surface area (Å²) in [5.41, 5.74) is -9.48. The van der Waals surface area contributed by atoms with Crippen molar-refractivity contribution < 1.29 is 80.2 Å². The molecule has 8 aliphatic rings. The maximum atomic E-state index is 15.4. The first-order valence-electron chi connectivity index (χ1n) is 15.7. The minimum atomic E-state index is -7.92. The van der Waals surface area contributed by atoms with E-state index < -0.39 is 81.6 Å². The molecule has 0 aromatic carbocycles. The van der Waals surface area contributed by atoms with Gasteiger partial charge < -0.3 is 9.47 Å². The predicted octanol–water partition coefficient (Wildman–Crippen LogP) is 4.83. The number of halogens is 9. The van der Waals surface area contributed by atoms with Crippen LogP contribution >= 0.6 is 0 Å². The van der Waals surface area contributed by atoms with Crippen LogP contribution in [0.25, 0.3) is 0 Å². The van der Waals surface area contributed by atoms with Gasteiger partial charge in [-0.05, 0) is 113 Å². The fourth-order valence-corrected chi connectivity index (χ4v) is 12.5. The Labute approximate surface area is 274 Å². The zero-order valence-corrected chi connectivity index (χ0v) is 27.1. The van der Waals surface area contributed by atoms with Gasteiger partial charge >= 0.3 is 44.6 Å². The summed E-state index contributed by atoms with van der Waals surface area (Å²) in [5.74, 6) is -25.9. The lowest BCUT2D eigenvalue weighted by Crippen LogP contribution is -2.66. The highest BCUT2D eigenvalue weighted by molar-refractivity contribution is 8.05. The van der Waals surface area contributed by atoms with Gasteiger partial charge in [0.2, 0.25) is 11.7 Å². The molecule has 0 saturated heterocycles. The summed E-state index contributed by atoms with van der Waals surface area (Å²) in [5, 5.41) is -7.45. The van der Waals surface area contributed by atoms with Crippen molar-refractivity contribution in [2.24, 2.45) is 41.4 Å². The van der Waals surface area contributed by atoms with Crippen LogP contribution in [-0.2, 0) is 43.9 Å². The lowest BCUT2D eigenvalue weighted by atomic mass is 9.54. The number of ether oxygens (including phenoxy) is 2. The van der Waals surface area contributed by atoms with Crippen LogP contribution in [0.2, 0.25) is 0 Å². The summed E-state index contributed by atoms with van der Waals surface area (Å²) in [6.45, 7) is 0. The largest absolute Gasteiger partial charge is 0.512 e. The van der Waals surface area contributed by atoms with Gasteiger partial charge in [-0.15, -0.1) is 0 Å². The Hall–Kier alpha value is -2.16. The number of Topliss-reactive ketones (excluding diaryl/α,β-unsaturated/α-hetero) is 1. The van der Waals surface area contributed by atoms with Crippen LogP contribution in [0.4, 0.5) is 39.5 Å². The molecule has 49 heavy (non-hydrogen) atoms. The molecule has 21 heteroatoms. The zero-order chi connectivity index (χ0) is 36.4. The molecule has 8 fully saturated rings. The molecule has 0 aromatic rings. The number of esters is 2. The smallest absolute Gasteiger partial charge is 0.458 e. The number of carbonyl (C=O) groups excluding carboxylic acids is 3. The highest BCUT2D eigenvalue weighted by Crippen LogP contribution is 2.59. The van der Waals surface area contributed by atoms with E-state index in [0.29, 0.717) is 0 Å². The Morgan fingerprint density at radius 1 is 0.571 bits per heavy atom. The van der Waals surface area contributed by atoms with Crippen molar-refractivity contribution >= 4 is 37.8 Å². The number of rotatable bonds is 11. The Kier molecular flexibility index (Phi) is 8.35. The first-order chi connectivity index (χ1) is 22.2. The molecular formula is C28H32F9NO9S2. The zero-order valence-electron chi connectivity index (χ0n) is 25.4. The van der Waals surface area contributed by atoms with Crippen LogP contribution < -0.4 is 4.13 Å². The average molecular weight is 762 g/mol. The highest BCUT2D eigenvalue weighted by Gasteiger charge is 2.82. The van der Waals surface area contributed by atoms with Crippen molar-refractivity contribution in [2.45, 2.75) is 111 Å². The molecule has 0 atom stereocenters. The monoisotopic (exact) mass is 761 g/mol. The van der Waals surface area contributed by atoms with Crippen LogP contribution in [0.3, 0.4) is 0 Å².